The lowest BCUT2D eigenvalue weighted by Crippen LogP contribution is -2.27. The number of carbonyl (C=O) groups is 3. The molecule has 0 spiro atoms. The van der Waals surface area contributed by atoms with Gasteiger partial charge < -0.3 is 4.90 Å². The van der Waals surface area contributed by atoms with Crippen LogP contribution in [-0.2, 0) is 14.4 Å². The van der Waals surface area contributed by atoms with Crippen molar-refractivity contribution in [2.24, 2.45) is 5.92 Å². The van der Waals surface area contributed by atoms with E-state index >= 15 is 0 Å². The fourth-order valence-electron chi connectivity index (χ4n) is 2.31. The third-order valence-electron chi connectivity index (χ3n) is 3.21. The van der Waals surface area contributed by atoms with Gasteiger partial charge in [0.05, 0.1) is 6.04 Å². The second-order valence-corrected chi connectivity index (χ2v) is 4.33. The Labute approximate surface area is 103 Å². The molecule has 0 radical (unpaired) electrons. The van der Waals surface area contributed by atoms with Gasteiger partial charge in [0, 0.05) is 12.6 Å². The summed E-state index contributed by atoms with van der Waals surface area (Å²) in [5.74, 6) is -3.57. The number of amides is 1. The minimum atomic E-state index is -1.11. The van der Waals surface area contributed by atoms with Crippen LogP contribution in [0, 0.1) is 11.7 Å². The molecule has 1 amide bonds. The second-order valence-electron chi connectivity index (χ2n) is 4.33. The lowest BCUT2D eigenvalue weighted by Gasteiger charge is -2.23. The number of Topliss-reactive ketones (excluding diaryl/α,β-unsaturated/α-hetero) is 2. The van der Waals surface area contributed by atoms with Crippen LogP contribution in [0.3, 0.4) is 0 Å². The number of halogens is 1. The first kappa shape index (κ1) is 12.4. The number of benzene rings is 1. The van der Waals surface area contributed by atoms with E-state index in [-0.39, 0.29) is 5.56 Å². The molecule has 1 aromatic rings. The van der Waals surface area contributed by atoms with Gasteiger partial charge in [0.15, 0.2) is 0 Å². The van der Waals surface area contributed by atoms with Gasteiger partial charge in [-0.25, -0.2) is 4.39 Å². The Morgan fingerprint density at radius 2 is 1.89 bits per heavy atom. The number of likely N-dealkylation sites (tertiary alicyclic amines) is 1. The van der Waals surface area contributed by atoms with E-state index < -0.39 is 35.3 Å². The predicted octanol–water partition coefficient (Wildman–Crippen LogP) is 1.11. The molecule has 1 heterocycles. The van der Waals surface area contributed by atoms with Crippen molar-refractivity contribution in [1.29, 1.82) is 0 Å². The standard InChI is InChI=1S/C13H12FNO3/c1-7(16)10-11(15(2)13(18)12(10)17)8-5-3-4-6-9(8)14/h3-6,10-11H,1-2H3. The van der Waals surface area contributed by atoms with E-state index in [0.717, 1.165) is 4.90 Å². The monoisotopic (exact) mass is 249 g/mol. The summed E-state index contributed by atoms with van der Waals surface area (Å²) in [6, 6.07) is 5.01. The molecule has 1 aliphatic rings. The number of likely N-dealkylation sites (N-methyl/N-ethyl adjacent to an activating group) is 1. The molecular weight excluding hydrogens is 237 g/mol. The van der Waals surface area contributed by atoms with Gasteiger partial charge in [-0.1, -0.05) is 18.2 Å². The Kier molecular flexibility index (Phi) is 2.98. The van der Waals surface area contributed by atoms with Crippen molar-refractivity contribution < 1.29 is 18.8 Å². The quantitative estimate of drug-likeness (QED) is 0.583. The molecular formula is C13H12FNO3. The first-order valence-electron chi connectivity index (χ1n) is 5.51. The van der Waals surface area contributed by atoms with Gasteiger partial charge in [-0.05, 0) is 13.0 Å². The molecule has 4 nitrogen and oxygen atoms in total. The van der Waals surface area contributed by atoms with E-state index in [2.05, 4.69) is 0 Å². The zero-order valence-corrected chi connectivity index (χ0v) is 10.0. The van der Waals surface area contributed by atoms with Crippen molar-refractivity contribution in [1.82, 2.24) is 4.90 Å². The van der Waals surface area contributed by atoms with Gasteiger partial charge in [-0.2, -0.15) is 0 Å². The van der Waals surface area contributed by atoms with Crippen LogP contribution in [0.5, 0.6) is 0 Å². The van der Waals surface area contributed by atoms with Crippen LogP contribution >= 0.6 is 0 Å². The van der Waals surface area contributed by atoms with Gasteiger partial charge >= 0.3 is 0 Å². The average Bonchev–Trinajstić information content (AvgIpc) is 2.54. The Bertz CT molecular complexity index is 541. The number of ketones is 2. The predicted molar refractivity (Wildman–Crippen MR) is 61.1 cm³/mol. The average molecular weight is 249 g/mol. The lowest BCUT2D eigenvalue weighted by molar-refractivity contribution is -0.141. The Morgan fingerprint density at radius 3 is 2.44 bits per heavy atom. The number of hydrogen-bond acceptors (Lipinski definition) is 3. The van der Waals surface area contributed by atoms with Crippen LogP contribution in [0.4, 0.5) is 4.39 Å². The zero-order chi connectivity index (χ0) is 13.4. The molecule has 2 rings (SSSR count). The Morgan fingerprint density at radius 1 is 1.28 bits per heavy atom. The SMILES string of the molecule is CC(=O)C1C(=O)C(=O)N(C)C1c1ccccc1F. The van der Waals surface area contributed by atoms with Crippen molar-refractivity contribution in [3.63, 3.8) is 0 Å². The lowest BCUT2D eigenvalue weighted by atomic mass is 9.90. The van der Waals surface area contributed by atoms with E-state index in [0.29, 0.717) is 0 Å². The largest absolute Gasteiger partial charge is 0.331 e. The molecule has 1 fully saturated rings. The topological polar surface area (TPSA) is 54.5 Å². The highest BCUT2D eigenvalue weighted by atomic mass is 19.1. The third kappa shape index (κ3) is 1.72. The first-order chi connectivity index (χ1) is 8.45. The Balaban J connectivity index is 2.54. The maximum absolute atomic E-state index is 13.7. The maximum atomic E-state index is 13.7. The van der Waals surface area contributed by atoms with E-state index in [9.17, 15) is 18.8 Å². The molecule has 18 heavy (non-hydrogen) atoms. The van der Waals surface area contributed by atoms with Crippen molar-refractivity contribution in [2.75, 3.05) is 7.05 Å². The summed E-state index contributed by atoms with van der Waals surface area (Å²) in [6.45, 7) is 1.24. The third-order valence-corrected chi connectivity index (χ3v) is 3.21. The van der Waals surface area contributed by atoms with Gasteiger partial charge in [-0.3, -0.25) is 14.4 Å². The first-order valence-corrected chi connectivity index (χ1v) is 5.51. The van der Waals surface area contributed by atoms with Gasteiger partial charge in [0.25, 0.3) is 5.91 Å². The van der Waals surface area contributed by atoms with Crippen molar-refractivity contribution in [3.8, 4) is 0 Å². The van der Waals surface area contributed by atoms with Crippen LogP contribution in [0.2, 0.25) is 0 Å². The molecule has 94 valence electrons. The van der Waals surface area contributed by atoms with Gasteiger partial charge in [0.1, 0.15) is 17.5 Å². The summed E-state index contributed by atoms with van der Waals surface area (Å²) >= 11 is 0. The van der Waals surface area contributed by atoms with Crippen LogP contribution in [0.15, 0.2) is 24.3 Å². The molecule has 1 aromatic carbocycles. The second kappa shape index (κ2) is 4.33. The number of rotatable bonds is 2. The molecule has 0 aromatic heterocycles. The van der Waals surface area contributed by atoms with Gasteiger partial charge in [0.2, 0.25) is 5.78 Å². The highest BCUT2D eigenvalue weighted by Gasteiger charge is 2.49. The van der Waals surface area contributed by atoms with Crippen LogP contribution < -0.4 is 0 Å². The minimum Gasteiger partial charge on any atom is -0.331 e. The minimum absolute atomic E-state index is 0.194. The summed E-state index contributed by atoms with van der Waals surface area (Å²) in [5.41, 5.74) is 0.194. The van der Waals surface area contributed by atoms with Crippen LogP contribution in [-0.4, -0.2) is 29.4 Å². The molecule has 2 unspecified atom stereocenters. The van der Waals surface area contributed by atoms with E-state index in [1.54, 1.807) is 6.07 Å². The van der Waals surface area contributed by atoms with Crippen molar-refractivity contribution in [2.45, 2.75) is 13.0 Å². The molecule has 0 aliphatic carbocycles. The molecule has 2 atom stereocenters. The maximum Gasteiger partial charge on any atom is 0.291 e. The summed E-state index contributed by atoms with van der Waals surface area (Å²) in [5, 5.41) is 0. The van der Waals surface area contributed by atoms with Crippen molar-refractivity contribution in [3.05, 3.63) is 35.6 Å². The summed E-state index contributed by atoms with van der Waals surface area (Å²) < 4.78 is 13.7. The highest BCUT2D eigenvalue weighted by molar-refractivity contribution is 6.42. The number of nitrogens with zero attached hydrogens (tertiary/aromatic N) is 1. The van der Waals surface area contributed by atoms with Gasteiger partial charge in [-0.15, -0.1) is 0 Å². The number of carbonyl (C=O) groups excluding carboxylic acids is 3. The van der Waals surface area contributed by atoms with Crippen molar-refractivity contribution >= 4 is 17.5 Å². The summed E-state index contributed by atoms with van der Waals surface area (Å²) in [6.07, 6.45) is 0. The smallest absolute Gasteiger partial charge is 0.291 e. The molecule has 1 saturated heterocycles. The molecule has 5 heteroatoms. The summed E-state index contributed by atoms with van der Waals surface area (Å²) in [4.78, 5) is 36.0. The van der Waals surface area contributed by atoms with Crippen LogP contribution in [0.1, 0.15) is 18.5 Å². The number of hydrogen-bond donors (Lipinski definition) is 0. The molecule has 0 N–H and O–H groups in total. The molecule has 1 aliphatic heterocycles. The van der Waals surface area contributed by atoms with E-state index in [1.807, 2.05) is 0 Å². The molecule has 0 saturated carbocycles. The zero-order valence-electron chi connectivity index (χ0n) is 10.0. The van der Waals surface area contributed by atoms with E-state index in [4.69, 9.17) is 0 Å². The van der Waals surface area contributed by atoms with Crippen LogP contribution in [0.25, 0.3) is 0 Å². The fourth-order valence-corrected chi connectivity index (χ4v) is 2.31. The normalized spacial score (nSPS) is 23.6. The molecule has 0 bridgehead atoms. The summed E-state index contributed by atoms with van der Waals surface area (Å²) in [7, 11) is 1.40. The Hall–Kier alpha value is -2.04. The highest BCUT2D eigenvalue weighted by Crippen LogP contribution is 2.36. The fraction of sp³-hybridized carbons (Fsp3) is 0.308. The van der Waals surface area contributed by atoms with E-state index in [1.165, 1.54) is 32.2 Å².